The van der Waals surface area contributed by atoms with E-state index >= 15 is 0 Å². The molecule has 1 aromatic rings. The summed E-state index contributed by atoms with van der Waals surface area (Å²) in [6, 6.07) is -1.16. The van der Waals surface area contributed by atoms with Gasteiger partial charge in [0.25, 0.3) is 5.91 Å². The molecule has 2 rings (SSSR count). The summed E-state index contributed by atoms with van der Waals surface area (Å²) in [6.45, 7) is 2.13. The number of aryl methyl sites for hydroxylation is 1. The minimum absolute atomic E-state index is 0.0871. The Balaban J connectivity index is 1.88. The van der Waals surface area contributed by atoms with Gasteiger partial charge in [-0.3, -0.25) is 14.5 Å². The highest BCUT2D eigenvalue weighted by Gasteiger charge is 2.41. The number of likely N-dealkylation sites (N-methyl/N-ethyl adjacent to an activating group) is 2. The number of amides is 4. The van der Waals surface area contributed by atoms with Crippen LogP contribution in [0.25, 0.3) is 0 Å². The number of hydrogen-bond acceptors (Lipinski definition) is 6. The van der Waals surface area contributed by atoms with E-state index in [1.807, 2.05) is 0 Å². The van der Waals surface area contributed by atoms with E-state index < -0.39 is 12.1 Å². The second-order valence-electron chi connectivity index (χ2n) is 5.52. The number of unbranched alkanes of at least 4 members (excludes halogenated alkanes) is 2. The first-order valence-corrected chi connectivity index (χ1v) is 8.42. The molecule has 1 aliphatic rings. The first kappa shape index (κ1) is 17.3. The van der Waals surface area contributed by atoms with E-state index in [4.69, 9.17) is 0 Å². The van der Waals surface area contributed by atoms with Gasteiger partial charge in [-0.25, -0.2) is 4.79 Å². The molecule has 1 atom stereocenters. The van der Waals surface area contributed by atoms with Crippen LogP contribution in [0.5, 0.6) is 0 Å². The standard InChI is InChI=1S/C14H21N5O3S/c1-4-5-6-7-11-16-17-13(23-11)15-10(20)8-9-12(21)19(3)14(22)18(9)2/h9H,4-8H2,1-3H3,(H,15,17,20)/t9-/m0/s1. The van der Waals surface area contributed by atoms with Crippen LogP contribution in [0.3, 0.4) is 0 Å². The van der Waals surface area contributed by atoms with Crippen molar-refractivity contribution in [2.75, 3.05) is 19.4 Å². The summed E-state index contributed by atoms with van der Waals surface area (Å²) in [5.41, 5.74) is 0. The molecule has 126 valence electrons. The van der Waals surface area contributed by atoms with Gasteiger partial charge in [-0.2, -0.15) is 0 Å². The third-order valence-electron chi connectivity index (χ3n) is 3.76. The number of urea groups is 1. The van der Waals surface area contributed by atoms with Gasteiger partial charge in [-0.1, -0.05) is 31.1 Å². The van der Waals surface area contributed by atoms with Gasteiger partial charge in [0.1, 0.15) is 11.0 Å². The monoisotopic (exact) mass is 339 g/mol. The van der Waals surface area contributed by atoms with E-state index in [0.717, 1.165) is 35.6 Å². The van der Waals surface area contributed by atoms with Crippen molar-refractivity contribution < 1.29 is 14.4 Å². The fourth-order valence-corrected chi connectivity index (χ4v) is 3.15. The smallest absolute Gasteiger partial charge is 0.315 e. The Hall–Kier alpha value is -2.03. The summed E-state index contributed by atoms with van der Waals surface area (Å²) in [5, 5.41) is 11.9. The topological polar surface area (TPSA) is 95.5 Å². The Morgan fingerprint density at radius 2 is 2.00 bits per heavy atom. The molecule has 0 saturated carbocycles. The lowest BCUT2D eigenvalue weighted by Crippen LogP contribution is -2.35. The van der Waals surface area contributed by atoms with Crippen molar-refractivity contribution in [2.24, 2.45) is 0 Å². The second kappa shape index (κ2) is 7.49. The van der Waals surface area contributed by atoms with Crippen LogP contribution in [0.4, 0.5) is 9.93 Å². The lowest BCUT2D eigenvalue weighted by molar-refractivity contribution is -0.129. The zero-order valence-electron chi connectivity index (χ0n) is 13.5. The Morgan fingerprint density at radius 3 is 2.61 bits per heavy atom. The quantitative estimate of drug-likeness (QED) is 0.600. The van der Waals surface area contributed by atoms with Crippen molar-refractivity contribution in [3.05, 3.63) is 5.01 Å². The molecular weight excluding hydrogens is 318 g/mol. The summed E-state index contributed by atoms with van der Waals surface area (Å²) in [5.74, 6) is -0.722. The highest BCUT2D eigenvalue weighted by molar-refractivity contribution is 7.15. The van der Waals surface area contributed by atoms with Gasteiger partial charge in [0, 0.05) is 20.5 Å². The molecule has 1 aromatic heterocycles. The van der Waals surface area contributed by atoms with E-state index in [1.165, 1.54) is 30.3 Å². The first-order valence-electron chi connectivity index (χ1n) is 7.60. The maximum atomic E-state index is 12.1. The maximum absolute atomic E-state index is 12.1. The molecule has 0 spiro atoms. The van der Waals surface area contributed by atoms with Crippen LogP contribution in [-0.2, 0) is 16.0 Å². The van der Waals surface area contributed by atoms with Gasteiger partial charge < -0.3 is 10.2 Å². The Kier molecular flexibility index (Phi) is 5.64. The Morgan fingerprint density at radius 1 is 1.26 bits per heavy atom. The first-order chi connectivity index (χ1) is 10.9. The SMILES string of the molecule is CCCCCc1nnc(NC(=O)C[C@H]2C(=O)N(C)C(=O)N2C)s1. The summed E-state index contributed by atoms with van der Waals surface area (Å²) < 4.78 is 0. The summed E-state index contributed by atoms with van der Waals surface area (Å²) >= 11 is 1.34. The van der Waals surface area contributed by atoms with Crippen molar-refractivity contribution in [1.82, 2.24) is 20.0 Å². The van der Waals surface area contributed by atoms with Crippen LogP contribution in [0, 0.1) is 0 Å². The predicted molar refractivity (Wildman–Crippen MR) is 86.1 cm³/mol. The van der Waals surface area contributed by atoms with Crippen LogP contribution in [-0.4, -0.2) is 58.0 Å². The third-order valence-corrected chi connectivity index (χ3v) is 4.66. The third kappa shape index (κ3) is 4.04. The molecule has 0 aromatic carbocycles. The molecule has 1 N–H and O–H groups in total. The number of hydrogen-bond donors (Lipinski definition) is 1. The zero-order valence-corrected chi connectivity index (χ0v) is 14.4. The Bertz CT molecular complexity index is 603. The number of imide groups is 1. The summed E-state index contributed by atoms with van der Waals surface area (Å²) in [7, 11) is 2.92. The van der Waals surface area contributed by atoms with Crippen molar-refractivity contribution in [3.8, 4) is 0 Å². The Labute approximate surface area is 138 Å². The van der Waals surface area contributed by atoms with Gasteiger partial charge in [0.2, 0.25) is 11.0 Å². The number of rotatable bonds is 7. The number of carbonyl (C=O) groups is 3. The highest BCUT2D eigenvalue weighted by atomic mass is 32.1. The predicted octanol–water partition coefficient (Wildman–Crippen LogP) is 1.49. The highest BCUT2D eigenvalue weighted by Crippen LogP contribution is 2.20. The van der Waals surface area contributed by atoms with E-state index in [9.17, 15) is 14.4 Å². The van der Waals surface area contributed by atoms with Gasteiger partial charge in [0.15, 0.2) is 0 Å². The molecule has 8 nitrogen and oxygen atoms in total. The van der Waals surface area contributed by atoms with Gasteiger partial charge in [-0.05, 0) is 6.42 Å². The van der Waals surface area contributed by atoms with Crippen molar-refractivity contribution in [1.29, 1.82) is 0 Å². The number of anilines is 1. The summed E-state index contributed by atoms with van der Waals surface area (Å²) in [4.78, 5) is 38.0. The van der Waals surface area contributed by atoms with Gasteiger partial charge in [0.05, 0.1) is 6.42 Å². The number of carbonyl (C=O) groups excluding carboxylic acids is 3. The molecule has 0 bridgehead atoms. The van der Waals surface area contributed by atoms with Crippen LogP contribution < -0.4 is 5.32 Å². The molecule has 4 amide bonds. The van der Waals surface area contributed by atoms with Gasteiger partial charge >= 0.3 is 6.03 Å². The van der Waals surface area contributed by atoms with Crippen LogP contribution in [0.1, 0.15) is 37.6 Å². The average Bonchev–Trinajstić information content (AvgIpc) is 3.03. The largest absolute Gasteiger partial charge is 0.326 e. The fourth-order valence-electron chi connectivity index (χ4n) is 2.35. The maximum Gasteiger partial charge on any atom is 0.326 e. The molecular formula is C14H21N5O3S. The number of aromatic nitrogens is 2. The average molecular weight is 339 g/mol. The second-order valence-corrected chi connectivity index (χ2v) is 6.58. The van der Waals surface area contributed by atoms with Crippen molar-refractivity contribution >= 4 is 34.3 Å². The van der Waals surface area contributed by atoms with E-state index in [-0.39, 0.29) is 18.2 Å². The summed E-state index contributed by atoms with van der Waals surface area (Å²) in [6.07, 6.45) is 4.09. The lowest BCUT2D eigenvalue weighted by Gasteiger charge is -2.14. The normalized spacial score (nSPS) is 18.0. The van der Waals surface area contributed by atoms with Crippen LogP contribution in [0.2, 0.25) is 0 Å². The lowest BCUT2D eigenvalue weighted by atomic mass is 10.2. The molecule has 1 fully saturated rings. The molecule has 1 saturated heterocycles. The van der Waals surface area contributed by atoms with Gasteiger partial charge in [-0.15, -0.1) is 10.2 Å². The van der Waals surface area contributed by atoms with E-state index in [1.54, 1.807) is 0 Å². The van der Waals surface area contributed by atoms with Crippen molar-refractivity contribution in [2.45, 2.75) is 45.1 Å². The molecule has 0 unspecified atom stereocenters. The molecule has 2 heterocycles. The molecule has 23 heavy (non-hydrogen) atoms. The molecule has 9 heteroatoms. The fraction of sp³-hybridized carbons (Fsp3) is 0.643. The molecule has 1 aliphatic heterocycles. The van der Waals surface area contributed by atoms with Crippen LogP contribution in [0.15, 0.2) is 0 Å². The van der Waals surface area contributed by atoms with E-state index in [0.29, 0.717) is 5.13 Å². The number of nitrogens with one attached hydrogen (secondary N) is 1. The zero-order chi connectivity index (χ0) is 17.0. The van der Waals surface area contributed by atoms with Crippen LogP contribution >= 0.6 is 11.3 Å². The molecule has 0 aliphatic carbocycles. The number of nitrogens with zero attached hydrogens (tertiary/aromatic N) is 4. The minimum Gasteiger partial charge on any atom is -0.315 e. The minimum atomic E-state index is -0.760. The van der Waals surface area contributed by atoms with Crippen molar-refractivity contribution in [3.63, 3.8) is 0 Å². The van der Waals surface area contributed by atoms with E-state index in [2.05, 4.69) is 22.4 Å². The molecule has 0 radical (unpaired) electrons.